The Labute approximate surface area is 149 Å². The average Bonchev–Trinajstić information content (AvgIpc) is 2.57. The summed E-state index contributed by atoms with van der Waals surface area (Å²) in [6.07, 6.45) is 1.74. The number of benzene rings is 1. The first-order valence-electron chi connectivity index (χ1n) is 9.20. The average molecular weight is 347 g/mol. The van der Waals surface area contributed by atoms with Gasteiger partial charge in [0.15, 0.2) is 0 Å². The molecule has 25 heavy (non-hydrogen) atoms. The Morgan fingerprint density at radius 1 is 1.16 bits per heavy atom. The second kappa shape index (κ2) is 8.17. The molecule has 138 valence electrons. The summed E-state index contributed by atoms with van der Waals surface area (Å²) in [5, 5.41) is 12.5. The molecule has 6 nitrogen and oxygen atoms in total. The van der Waals surface area contributed by atoms with E-state index in [1.165, 1.54) is 0 Å². The zero-order valence-electron chi connectivity index (χ0n) is 15.1. The van der Waals surface area contributed by atoms with Gasteiger partial charge in [0.1, 0.15) is 0 Å². The van der Waals surface area contributed by atoms with Crippen LogP contribution in [0.4, 0.5) is 11.4 Å². The number of rotatable bonds is 4. The van der Waals surface area contributed by atoms with Crippen molar-refractivity contribution < 1.29 is 14.6 Å². The van der Waals surface area contributed by atoms with Crippen LogP contribution in [0.1, 0.15) is 26.7 Å². The van der Waals surface area contributed by atoms with Crippen LogP contribution in [0, 0.1) is 0 Å². The van der Waals surface area contributed by atoms with E-state index in [0.717, 1.165) is 50.4 Å². The highest BCUT2D eigenvalue weighted by atomic mass is 16.5. The van der Waals surface area contributed by atoms with E-state index in [0.29, 0.717) is 6.54 Å². The summed E-state index contributed by atoms with van der Waals surface area (Å²) in [5.74, 6) is -0.00208. The molecule has 0 aromatic heterocycles. The number of likely N-dealkylation sites (tertiary alicyclic amines) is 1. The van der Waals surface area contributed by atoms with Crippen molar-refractivity contribution in [2.45, 2.75) is 45.0 Å². The van der Waals surface area contributed by atoms with Gasteiger partial charge in [0.2, 0.25) is 5.91 Å². The molecular formula is C19H29N3O3. The first-order valence-corrected chi connectivity index (χ1v) is 9.20. The van der Waals surface area contributed by atoms with Gasteiger partial charge >= 0.3 is 0 Å². The minimum absolute atomic E-state index is 0.00208. The van der Waals surface area contributed by atoms with Crippen LogP contribution in [0.3, 0.4) is 0 Å². The molecule has 0 spiro atoms. The third-order valence-electron chi connectivity index (χ3n) is 4.86. The highest BCUT2D eigenvalue weighted by Gasteiger charge is 2.22. The smallest absolute Gasteiger partial charge is 0.238 e. The minimum Gasteiger partial charge on any atom is -0.393 e. The number of aliphatic hydroxyl groups excluding tert-OH is 1. The Balaban J connectivity index is 1.51. The maximum Gasteiger partial charge on any atom is 0.238 e. The van der Waals surface area contributed by atoms with Crippen LogP contribution in [0.25, 0.3) is 0 Å². The lowest BCUT2D eigenvalue weighted by atomic mass is 10.1. The number of hydrogen-bond donors (Lipinski definition) is 2. The first-order chi connectivity index (χ1) is 12.0. The van der Waals surface area contributed by atoms with E-state index in [1.807, 2.05) is 12.1 Å². The molecule has 6 heteroatoms. The van der Waals surface area contributed by atoms with Crippen LogP contribution >= 0.6 is 0 Å². The number of piperidine rings is 1. The van der Waals surface area contributed by atoms with E-state index in [-0.39, 0.29) is 24.2 Å². The molecule has 2 saturated heterocycles. The number of hydrogen-bond acceptors (Lipinski definition) is 5. The zero-order chi connectivity index (χ0) is 17.8. The van der Waals surface area contributed by atoms with Crippen LogP contribution < -0.4 is 10.2 Å². The maximum absolute atomic E-state index is 12.2. The number of carbonyl (C=O) groups is 1. The lowest BCUT2D eigenvalue weighted by Gasteiger charge is -2.36. The van der Waals surface area contributed by atoms with Gasteiger partial charge in [-0.3, -0.25) is 9.69 Å². The van der Waals surface area contributed by atoms with Gasteiger partial charge < -0.3 is 20.1 Å². The molecule has 2 aliphatic rings. The highest BCUT2D eigenvalue weighted by molar-refractivity contribution is 5.92. The van der Waals surface area contributed by atoms with Crippen LogP contribution in [0.15, 0.2) is 24.3 Å². The largest absolute Gasteiger partial charge is 0.393 e. The maximum atomic E-state index is 12.2. The first kappa shape index (κ1) is 18.2. The molecule has 2 fully saturated rings. The van der Waals surface area contributed by atoms with Crippen molar-refractivity contribution in [1.29, 1.82) is 0 Å². The van der Waals surface area contributed by atoms with Crippen LogP contribution in [-0.4, -0.2) is 66.9 Å². The molecule has 2 N–H and O–H groups in total. The van der Waals surface area contributed by atoms with Gasteiger partial charge in [0, 0.05) is 37.6 Å². The molecule has 1 aromatic rings. The summed E-state index contributed by atoms with van der Waals surface area (Å²) in [5.41, 5.74) is 1.98. The number of nitrogens with one attached hydrogen (secondary N) is 1. The summed E-state index contributed by atoms with van der Waals surface area (Å²) >= 11 is 0. The van der Waals surface area contributed by atoms with Gasteiger partial charge in [-0.15, -0.1) is 0 Å². The number of amides is 1. The summed E-state index contributed by atoms with van der Waals surface area (Å²) in [7, 11) is 0. The van der Waals surface area contributed by atoms with Gasteiger partial charge in [0.25, 0.3) is 0 Å². The Bertz CT molecular complexity index is 560. The number of ether oxygens (including phenoxy) is 1. The Morgan fingerprint density at radius 2 is 1.76 bits per heavy atom. The normalized spacial score (nSPS) is 25.8. The third kappa shape index (κ3) is 5.17. The monoisotopic (exact) mass is 347 g/mol. The van der Waals surface area contributed by atoms with E-state index in [4.69, 9.17) is 4.74 Å². The van der Waals surface area contributed by atoms with Crippen molar-refractivity contribution in [2.75, 3.05) is 42.9 Å². The molecule has 2 heterocycles. The summed E-state index contributed by atoms with van der Waals surface area (Å²) in [4.78, 5) is 16.6. The molecule has 0 saturated carbocycles. The van der Waals surface area contributed by atoms with Crippen LogP contribution in [0.2, 0.25) is 0 Å². The fourth-order valence-corrected chi connectivity index (χ4v) is 3.63. The Hall–Kier alpha value is -1.63. The standard InChI is InChI=1S/C19H29N3O3/c1-14-11-22(12-15(2)25-14)17-5-3-16(4-6-17)20-19(24)13-21-9-7-18(23)8-10-21/h3-6,14-15,18,23H,7-13H2,1-2H3,(H,20,24)/t14-,15-/m0/s1. The summed E-state index contributed by atoms with van der Waals surface area (Å²) in [6, 6.07) is 8.02. The van der Waals surface area contributed by atoms with Gasteiger partial charge in [-0.05, 0) is 51.0 Å². The molecule has 2 atom stereocenters. The Kier molecular flexibility index (Phi) is 5.93. The van der Waals surface area contributed by atoms with Crippen molar-refractivity contribution in [3.63, 3.8) is 0 Å². The van der Waals surface area contributed by atoms with E-state index < -0.39 is 0 Å². The van der Waals surface area contributed by atoms with Crippen molar-refractivity contribution >= 4 is 17.3 Å². The highest BCUT2D eigenvalue weighted by Crippen LogP contribution is 2.22. The van der Waals surface area contributed by atoms with E-state index in [9.17, 15) is 9.90 Å². The topological polar surface area (TPSA) is 65.0 Å². The lowest BCUT2D eigenvalue weighted by Crippen LogP contribution is -2.45. The van der Waals surface area contributed by atoms with Crippen LogP contribution in [0.5, 0.6) is 0 Å². The molecular weight excluding hydrogens is 318 g/mol. The second-order valence-corrected chi connectivity index (χ2v) is 7.26. The third-order valence-corrected chi connectivity index (χ3v) is 4.86. The van der Waals surface area contributed by atoms with Crippen molar-refractivity contribution in [1.82, 2.24) is 4.90 Å². The fourth-order valence-electron chi connectivity index (χ4n) is 3.63. The number of carbonyl (C=O) groups excluding carboxylic acids is 1. The predicted octanol–water partition coefficient (Wildman–Crippen LogP) is 1.70. The minimum atomic E-state index is -0.211. The van der Waals surface area contributed by atoms with Gasteiger partial charge in [-0.1, -0.05) is 0 Å². The Morgan fingerprint density at radius 3 is 2.36 bits per heavy atom. The molecule has 2 aliphatic heterocycles. The van der Waals surface area contributed by atoms with E-state index in [1.54, 1.807) is 0 Å². The number of aliphatic hydroxyl groups is 1. The quantitative estimate of drug-likeness (QED) is 0.868. The number of anilines is 2. The van der Waals surface area contributed by atoms with Gasteiger partial charge in [-0.2, -0.15) is 0 Å². The zero-order valence-corrected chi connectivity index (χ0v) is 15.1. The van der Waals surface area contributed by atoms with Crippen molar-refractivity contribution in [3.05, 3.63) is 24.3 Å². The molecule has 1 amide bonds. The van der Waals surface area contributed by atoms with Crippen molar-refractivity contribution in [2.24, 2.45) is 0 Å². The van der Waals surface area contributed by atoms with Crippen LogP contribution in [-0.2, 0) is 9.53 Å². The number of nitrogens with zero attached hydrogens (tertiary/aromatic N) is 2. The fraction of sp³-hybridized carbons (Fsp3) is 0.632. The van der Waals surface area contributed by atoms with E-state index >= 15 is 0 Å². The van der Waals surface area contributed by atoms with E-state index in [2.05, 4.69) is 41.1 Å². The van der Waals surface area contributed by atoms with Gasteiger partial charge in [0.05, 0.1) is 24.9 Å². The molecule has 0 radical (unpaired) electrons. The molecule has 0 unspecified atom stereocenters. The number of morpholine rings is 1. The molecule has 0 aliphatic carbocycles. The predicted molar refractivity (Wildman–Crippen MR) is 99.0 cm³/mol. The molecule has 1 aromatic carbocycles. The summed E-state index contributed by atoms with van der Waals surface area (Å²) in [6.45, 7) is 7.90. The molecule has 0 bridgehead atoms. The van der Waals surface area contributed by atoms with Crippen molar-refractivity contribution in [3.8, 4) is 0 Å². The molecule has 3 rings (SSSR count). The lowest BCUT2D eigenvalue weighted by molar-refractivity contribution is -0.117. The SMILES string of the molecule is C[C@H]1CN(c2ccc(NC(=O)CN3CCC(O)CC3)cc2)C[C@H](C)O1. The second-order valence-electron chi connectivity index (χ2n) is 7.26. The van der Waals surface area contributed by atoms with Gasteiger partial charge in [-0.25, -0.2) is 0 Å². The summed E-state index contributed by atoms with van der Waals surface area (Å²) < 4.78 is 5.77.